The molecule has 0 bridgehead atoms. The summed E-state index contributed by atoms with van der Waals surface area (Å²) in [4.78, 5) is 28.2. The summed E-state index contributed by atoms with van der Waals surface area (Å²) in [6, 6.07) is 19.4. The number of fused-ring (bicyclic) bond motifs is 1. The number of ether oxygens (including phenoxy) is 1. The molecule has 1 N–H and O–H groups in total. The summed E-state index contributed by atoms with van der Waals surface area (Å²) in [5, 5.41) is 16.3. The summed E-state index contributed by atoms with van der Waals surface area (Å²) >= 11 is 0. The van der Waals surface area contributed by atoms with E-state index in [1.54, 1.807) is 30.3 Å². The lowest BCUT2D eigenvalue weighted by atomic mass is 10.00. The third-order valence-electron chi connectivity index (χ3n) is 6.61. The first-order valence-corrected chi connectivity index (χ1v) is 12.1. The van der Waals surface area contributed by atoms with E-state index in [0.29, 0.717) is 17.1 Å². The van der Waals surface area contributed by atoms with Crippen LogP contribution in [0.15, 0.2) is 79.0 Å². The van der Waals surface area contributed by atoms with E-state index in [1.807, 2.05) is 13.0 Å². The molecular formula is C29H23F2N5O3. The number of aromatic nitrogens is 2. The van der Waals surface area contributed by atoms with Crippen LogP contribution in [0.4, 0.5) is 20.2 Å². The quantitative estimate of drug-likeness (QED) is 0.363. The van der Waals surface area contributed by atoms with E-state index in [1.165, 1.54) is 65.4 Å². The van der Waals surface area contributed by atoms with Crippen molar-refractivity contribution < 1.29 is 23.1 Å². The van der Waals surface area contributed by atoms with Crippen molar-refractivity contribution in [3.63, 3.8) is 0 Å². The van der Waals surface area contributed by atoms with Crippen LogP contribution in [-0.4, -0.2) is 35.2 Å². The average Bonchev–Trinajstić information content (AvgIpc) is 3.42. The molecule has 2 heterocycles. The Balaban J connectivity index is 1.41. The predicted molar refractivity (Wildman–Crippen MR) is 140 cm³/mol. The fourth-order valence-electron chi connectivity index (χ4n) is 4.59. The van der Waals surface area contributed by atoms with Gasteiger partial charge in [0.15, 0.2) is 0 Å². The maximum atomic E-state index is 15.0. The Kier molecular flexibility index (Phi) is 6.58. The van der Waals surface area contributed by atoms with Gasteiger partial charge < -0.3 is 15.0 Å². The number of nitrogens with one attached hydrogen (secondary N) is 1. The van der Waals surface area contributed by atoms with Crippen LogP contribution in [0, 0.1) is 11.3 Å². The van der Waals surface area contributed by atoms with Gasteiger partial charge >= 0.3 is 0 Å². The average molecular weight is 528 g/mol. The van der Waals surface area contributed by atoms with Crippen molar-refractivity contribution >= 4 is 23.2 Å². The summed E-state index contributed by atoms with van der Waals surface area (Å²) in [5.41, 5.74) is 0.823. The molecule has 0 saturated heterocycles. The van der Waals surface area contributed by atoms with Gasteiger partial charge in [-0.2, -0.15) is 19.1 Å². The zero-order valence-electron chi connectivity index (χ0n) is 21.1. The SMILES string of the molecule is COc1ccc(NC(=O)c2cnn3c2C(=O)N(c2ccc(C(F)(F)c4ccccc4)cc2)CC3C)cc1C#N. The number of methoxy groups -OCH3 is 1. The summed E-state index contributed by atoms with van der Waals surface area (Å²) in [7, 11) is 1.44. The number of alkyl halides is 2. The monoisotopic (exact) mass is 527 g/mol. The van der Waals surface area contributed by atoms with Gasteiger partial charge in [-0.3, -0.25) is 14.3 Å². The van der Waals surface area contributed by atoms with Crippen LogP contribution in [0.5, 0.6) is 5.75 Å². The Morgan fingerprint density at radius 1 is 1.10 bits per heavy atom. The number of hydrogen-bond donors (Lipinski definition) is 1. The van der Waals surface area contributed by atoms with Crippen LogP contribution in [0.2, 0.25) is 0 Å². The molecule has 5 rings (SSSR count). The second-order valence-electron chi connectivity index (χ2n) is 9.08. The van der Waals surface area contributed by atoms with Crippen LogP contribution in [-0.2, 0) is 5.92 Å². The molecule has 39 heavy (non-hydrogen) atoms. The van der Waals surface area contributed by atoms with Gasteiger partial charge in [0.1, 0.15) is 17.5 Å². The van der Waals surface area contributed by atoms with Gasteiger partial charge in [-0.1, -0.05) is 42.5 Å². The summed E-state index contributed by atoms with van der Waals surface area (Å²) in [6.45, 7) is 2.09. The van der Waals surface area contributed by atoms with Gasteiger partial charge in [0.25, 0.3) is 17.7 Å². The Labute approximate surface area is 223 Å². The zero-order chi connectivity index (χ0) is 27.7. The zero-order valence-corrected chi connectivity index (χ0v) is 21.1. The number of carbonyl (C=O) groups excluding carboxylic acids is 2. The summed E-state index contributed by atoms with van der Waals surface area (Å²) in [5.74, 6) is -3.89. The minimum Gasteiger partial charge on any atom is -0.495 e. The van der Waals surface area contributed by atoms with E-state index in [0.717, 1.165) is 0 Å². The fraction of sp³-hybridized carbons (Fsp3) is 0.172. The van der Waals surface area contributed by atoms with Crippen molar-refractivity contribution in [1.29, 1.82) is 5.26 Å². The normalized spacial score (nSPS) is 14.9. The van der Waals surface area contributed by atoms with Crippen molar-refractivity contribution in [1.82, 2.24) is 9.78 Å². The number of nitrogens with zero attached hydrogens (tertiary/aromatic N) is 4. The van der Waals surface area contributed by atoms with Crippen LogP contribution in [0.25, 0.3) is 0 Å². The van der Waals surface area contributed by atoms with Gasteiger partial charge in [0, 0.05) is 29.0 Å². The highest BCUT2D eigenvalue weighted by atomic mass is 19.3. The van der Waals surface area contributed by atoms with E-state index < -0.39 is 17.7 Å². The molecule has 0 saturated carbocycles. The first kappa shape index (κ1) is 25.6. The highest BCUT2D eigenvalue weighted by molar-refractivity contribution is 6.15. The molecule has 4 aromatic rings. The molecule has 196 valence electrons. The number of halogens is 2. The van der Waals surface area contributed by atoms with E-state index >= 15 is 8.78 Å². The van der Waals surface area contributed by atoms with E-state index in [9.17, 15) is 14.9 Å². The molecule has 0 radical (unpaired) electrons. The number of nitriles is 1. The smallest absolute Gasteiger partial charge is 0.298 e. The molecular weight excluding hydrogens is 504 g/mol. The van der Waals surface area contributed by atoms with Crippen molar-refractivity contribution in [3.05, 3.63) is 107 Å². The topological polar surface area (TPSA) is 100 Å². The Bertz CT molecular complexity index is 1590. The van der Waals surface area contributed by atoms with Gasteiger partial charge in [-0.05, 0) is 37.3 Å². The molecule has 3 aromatic carbocycles. The van der Waals surface area contributed by atoms with Gasteiger partial charge in [0.2, 0.25) is 0 Å². The molecule has 1 atom stereocenters. The predicted octanol–water partition coefficient (Wildman–Crippen LogP) is 5.38. The van der Waals surface area contributed by atoms with Crippen molar-refractivity contribution in [2.75, 3.05) is 23.9 Å². The Morgan fingerprint density at radius 3 is 2.46 bits per heavy atom. The molecule has 0 fully saturated rings. The molecule has 1 aliphatic heterocycles. The van der Waals surface area contributed by atoms with E-state index in [2.05, 4.69) is 10.4 Å². The second-order valence-corrected chi connectivity index (χ2v) is 9.08. The standard InChI is InChI=1S/C29H23F2N5O3/c1-18-17-35(23-11-8-21(9-12-23)29(30,31)20-6-4-3-5-7-20)28(38)26-24(16-33-36(18)26)27(37)34-22-10-13-25(39-2)19(14-22)15-32/h3-14,16,18H,17H2,1-2H3,(H,34,37). The molecule has 1 aromatic heterocycles. The molecule has 0 aliphatic carbocycles. The van der Waals surface area contributed by atoms with Gasteiger partial charge in [-0.25, -0.2) is 0 Å². The maximum absolute atomic E-state index is 15.0. The van der Waals surface area contributed by atoms with E-state index in [4.69, 9.17) is 4.74 Å². The lowest BCUT2D eigenvalue weighted by Gasteiger charge is -2.32. The van der Waals surface area contributed by atoms with Crippen molar-refractivity contribution in [3.8, 4) is 11.8 Å². The number of hydrogen-bond acceptors (Lipinski definition) is 5. The molecule has 1 aliphatic rings. The van der Waals surface area contributed by atoms with Crippen molar-refractivity contribution in [2.24, 2.45) is 0 Å². The molecule has 0 spiro atoms. The minimum atomic E-state index is -3.20. The number of carbonyl (C=O) groups is 2. The first-order valence-electron chi connectivity index (χ1n) is 12.1. The van der Waals surface area contributed by atoms with E-state index in [-0.39, 0.29) is 40.5 Å². The highest BCUT2D eigenvalue weighted by Crippen LogP contribution is 2.37. The molecule has 1 unspecified atom stereocenters. The largest absolute Gasteiger partial charge is 0.495 e. The molecule has 8 nitrogen and oxygen atoms in total. The first-order chi connectivity index (χ1) is 18.7. The molecule has 2 amide bonds. The van der Waals surface area contributed by atoms with Crippen LogP contribution in [0.1, 0.15) is 50.5 Å². The number of benzene rings is 3. The lowest BCUT2D eigenvalue weighted by molar-refractivity contribution is 0.0428. The fourth-order valence-corrected chi connectivity index (χ4v) is 4.59. The van der Waals surface area contributed by atoms with Crippen LogP contribution < -0.4 is 15.0 Å². The lowest BCUT2D eigenvalue weighted by Crippen LogP contribution is -2.43. The third-order valence-corrected chi connectivity index (χ3v) is 6.61. The summed E-state index contributed by atoms with van der Waals surface area (Å²) in [6.07, 6.45) is 1.32. The molecule has 10 heteroatoms. The van der Waals surface area contributed by atoms with Crippen LogP contribution >= 0.6 is 0 Å². The maximum Gasteiger partial charge on any atom is 0.298 e. The Hall–Kier alpha value is -5.04. The van der Waals surface area contributed by atoms with Gasteiger partial charge in [-0.15, -0.1) is 0 Å². The third kappa shape index (κ3) is 4.59. The summed E-state index contributed by atoms with van der Waals surface area (Å²) < 4.78 is 36.6. The van der Waals surface area contributed by atoms with Crippen LogP contribution in [0.3, 0.4) is 0 Å². The highest BCUT2D eigenvalue weighted by Gasteiger charge is 2.37. The Morgan fingerprint density at radius 2 is 1.79 bits per heavy atom. The number of rotatable bonds is 6. The van der Waals surface area contributed by atoms with Crippen molar-refractivity contribution in [2.45, 2.75) is 18.9 Å². The minimum absolute atomic E-state index is 0.0538. The number of anilines is 2. The van der Waals surface area contributed by atoms with Gasteiger partial charge in [0.05, 0.1) is 30.5 Å². The second kappa shape index (κ2) is 10.0. The number of amides is 2.